The lowest BCUT2D eigenvalue weighted by atomic mass is 9.99. The number of hydrogen-bond acceptors (Lipinski definition) is 3. The van der Waals surface area contributed by atoms with Gasteiger partial charge in [-0.1, -0.05) is 0 Å². The molecule has 2 fully saturated rings. The summed E-state index contributed by atoms with van der Waals surface area (Å²) in [7, 11) is 0. The molecule has 0 aromatic rings. The van der Waals surface area contributed by atoms with Crippen LogP contribution in [0.3, 0.4) is 0 Å². The zero-order valence-corrected chi connectivity index (χ0v) is 10.2. The van der Waals surface area contributed by atoms with Crippen molar-refractivity contribution in [3.05, 3.63) is 0 Å². The number of ether oxygens (including phenoxy) is 1. The molecule has 1 saturated carbocycles. The summed E-state index contributed by atoms with van der Waals surface area (Å²) in [5.41, 5.74) is -0.461. The molecular formula is C12H19NO3. The molecule has 4 nitrogen and oxygen atoms in total. The number of carbonyl (C=O) groups is 2. The van der Waals surface area contributed by atoms with Gasteiger partial charge in [-0.15, -0.1) is 0 Å². The van der Waals surface area contributed by atoms with Crippen molar-refractivity contribution in [1.29, 1.82) is 0 Å². The van der Waals surface area contributed by atoms with Gasteiger partial charge in [0.25, 0.3) is 0 Å². The molecule has 0 spiro atoms. The van der Waals surface area contributed by atoms with Gasteiger partial charge in [0.2, 0.25) is 0 Å². The van der Waals surface area contributed by atoms with Gasteiger partial charge in [-0.05, 0) is 33.1 Å². The minimum atomic E-state index is -0.461. The Labute approximate surface area is 95.9 Å². The zero-order chi connectivity index (χ0) is 11.9. The second-order valence-electron chi connectivity index (χ2n) is 5.85. The largest absolute Gasteiger partial charge is 0.444 e. The zero-order valence-electron chi connectivity index (χ0n) is 10.2. The Balaban J connectivity index is 1.97. The van der Waals surface area contributed by atoms with Crippen LogP contribution < -0.4 is 0 Å². The van der Waals surface area contributed by atoms with Crippen molar-refractivity contribution < 1.29 is 14.3 Å². The third kappa shape index (κ3) is 2.36. The smallest absolute Gasteiger partial charge is 0.410 e. The van der Waals surface area contributed by atoms with Crippen LogP contribution in [0.1, 0.15) is 33.6 Å². The number of ketones is 1. The molecule has 1 amide bonds. The van der Waals surface area contributed by atoms with Crippen LogP contribution in [0.2, 0.25) is 0 Å². The summed E-state index contributed by atoms with van der Waals surface area (Å²) in [6.07, 6.45) is 1.32. The highest BCUT2D eigenvalue weighted by atomic mass is 16.6. The van der Waals surface area contributed by atoms with Crippen LogP contribution >= 0.6 is 0 Å². The lowest BCUT2D eigenvalue weighted by Gasteiger charge is -2.32. The topological polar surface area (TPSA) is 46.6 Å². The van der Waals surface area contributed by atoms with Gasteiger partial charge in [0, 0.05) is 25.4 Å². The van der Waals surface area contributed by atoms with E-state index in [0.29, 0.717) is 31.2 Å². The van der Waals surface area contributed by atoms with Crippen LogP contribution in [0.25, 0.3) is 0 Å². The summed E-state index contributed by atoms with van der Waals surface area (Å²) < 4.78 is 5.31. The molecule has 0 unspecified atom stereocenters. The molecule has 90 valence electrons. The van der Waals surface area contributed by atoms with Gasteiger partial charge >= 0.3 is 6.09 Å². The molecule has 2 aliphatic rings. The number of piperidine rings is 1. The van der Waals surface area contributed by atoms with Crippen molar-refractivity contribution in [2.24, 2.45) is 11.8 Å². The van der Waals surface area contributed by atoms with E-state index < -0.39 is 5.60 Å². The first-order valence-electron chi connectivity index (χ1n) is 5.86. The molecular weight excluding hydrogens is 206 g/mol. The van der Waals surface area contributed by atoms with E-state index in [1.807, 2.05) is 20.8 Å². The number of amides is 1. The van der Waals surface area contributed by atoms with Gasteiger partial charge in [0.05, 0.1) is 0 Å². The third-order valence-corrected chi connectivity index (χ3v) is 3.13. The van der Waals surface area contributed by atoms with E-state index in [0.717, 1.165) is 6.42 Å². The molecule has 16 heavy (non-hydrogen) atoms. The van der Waals surface area contributed by atoms with E-state index >= 15 is 0 Å². The maximum atomic E-state index is 11.8. The Kier molecular flexibility index (Phi) is 2.68. The van der Waals surface area contributed by atoms with Crippen molar-refractivity contribution in [2.75, 3.05) is 13.1 Å². The molecule has 1 heterocycles. The summed E-state index contributed by atoms with van der Waals surface area (Å²) in [6, 6.07) is 0. The Morgan fingerprint density at radius 1 is 1.38 bits per heavy atom. The van der Waals surface area contributed by atoms with E-state index in [-0.39, 0.29) is 12.0 Å². The summed E-state index contributed by atoms with van der Waals surface area (Å²) in [5.74, 6) is 0.737. The number of rotatable bonds is 0. The van der Waals surface area contributed by atoms with Crippen molar-refractivity contribution in [1.82, 2.24) is 4.90 Å². The molecule has 0 aromatic carbocycles. The fourth-order valence-electron chi connectivity index (χ4n) is 2.51. The van der Waals surface area contributed by atoms with Crippen LogP contribution in [0.4, 0.5) is 4.79 Å². The Morgan fingerprint density at radius 3 is 2.62 bits per heavy atom. The van der Waals surface area contributed by atoms with Crippen LogP contribution in [-0.4, -0.2) is 35.5 Å². The minimum Gasteiger partial charge on any atom is -0.444 e. The number of likely N-dealkylation sites (tertiary alicyclic amines) is 1. The number of nitrogens with zero attached hydrogens (tertiary/aromatic N) is 1. The molecule has 4 heteroatoms. The van der Waals surface area contributed by atoms with E-state index in [1.54, 1.807) is 4.90 Å². The second kappa shape index (κ2) is 3.75. The molecule has 0 aromatic heterocycles. The molecule has 0 N–H and O–H groups in total. The average molecular weight is 225 g/mol. The summed E-state index contributed by atoms with van der Waals surface area (Å²) in [4.78, 5) is 25.1. The van der Waals surface area contributed by atoms with Gasteiger partial charge in [0.15, 0.2) is 0 Å². The van der Waals surface area contributed by atoms with Crippen LogP contribution in [0, 0.1) is 11.8 Å². The predicted molar refractivity (Wildman–Crippen MR) is 59.0 cm³/mol. The van der Waals surface area contributed by atoms with E-state index in [2.05, 4.69) is 0 Å². The van der Waals surface area contributed by atoms with Crippen molar-refractivity contribution in [3.63, 3.8) is 0 Å². The number of Topliss-reactive ketones (excluding diaryl/α,β-unsaturated/α-hetero) is 1. The number of carbonyl (C=O) groups excluding carboxylic acids is 2. The quantitative estimate of drug-likeness (QED) is 0.632. The third-order valence-electron chi connectivity index (χ3n) is 3.13. The van der Waals surface area contributed by atoms with Crippen molar-refractivity contribution in [3.8, 4) is 0 Å². The normalized spacial score (nSPS) is 29.4. The first-order valence-corrected chi connectivity index (χ1v) is 5.86. The van der Waals surface area contributed by atoms with E-state index in [9.17, 15) is 9.59 Å². The fraction of sp³-hybridized carbons (Fsp3) is 0.833. The molecule has 1 saturated heterocycles. The van der Waals surface area contributed by atoms with Gasteiger partial charge in [-0.25, -0.2) is 4.79 Å². The van der Waals surface area contributed by atoms with E-state index in [4.69, 9.17) is 4.74 Å². The summed E-state index contributed by atoms with van der Waals surface area (Å²) in [6.45, 7) is 6.79. The van der Waals surface area contributed by atoms with Gasteiger partial charge in [-0.3, -0.25) is 4.79 Å². The summed E-state index contributed by atoms with van der Waals surface area (Å²) in [5, 5.41) is 0. The number of hydrogen-bond donors (Lipinski definition) is 0. The average Bonchev–Trinajstić information content (AvgIpc) is 2.37. The summed E-state index contributed by atoms with van der Waals surface area (Å²) >= 11 is 0. The van der Waals surface area contributed by atoms with Crippen molar-refractivity contribution in [2.45, 2.75) is 39.2 Å². The lowest BCUT2D eigenvalue weighted by molar-refractivity contribution is -0.120. The van der Waals surface area contributed by atoms with Gasteiger partial charge in [0.1, 0.15) is 11.4 Å². The highest BCUT2D eigenvalue weighted by molar-refractivity contribution is 5.85. The fourth-order valence-corrected chi connectivity index (χ4v) is 2.51. The Bertz CT molecular complexity index is 319. The molecule has 0 radical (unpaired) electrons. The Hall–Kier alpha value is -1.06. The molecule has 1 aliphatic carbocycles. The highest BCUT2D eigenvalue weighted by Gasteiger charge is 2.41. The van der Waals surface area contributed by atoms with Crippen LogP contribution in [0.15, 0.2) is 0 Å². The first kappa shape index (κ1) is 11.4. The molecule has 2 atom stereocenters. The minimum absolute atomic E-state index is 0.0614. The maximum absolute atomic E-state index is 11.8. The molecule has 1 aliphatic heterocycles. The number of fused-ring (bicyclic) bond motifs is 2. The Morgan fingerprint density at radius 2 is 2.06 bits per heavy atom. The predicted octanol–water partition coefficient (Wildman–Crippen LogP) is 1.83. The van der Waals surface area contributed by atoms with Gasteiger partial charge < -0.3 is 9.64 Å². The lowest BCUT2D eigenvalue weighted by Crippen LogP contribution is -2.44. The van der Waals surface area contributed by atoms with Crippen LogP contribution in [0.5, 0.6) is 0 Å². The van der Waals surface area contributed by atoms with Gasteiger partial charge in [-0.2, -0.15) is 0 Å². The van der Waals surface area contributed by atoms with E-state index in [1.165, 1.54) is 0 Å². The SMILES string of the molecule is CC(C)(C)OC(=O)N1C[C@H]2CC(=O)[C@H](C2)C1. The first-order chi connectivity index (χ1) is 7.35. The molecule has 2 rings (SSSR count). The standard InChI is InChI=1S/C12H19NO3/c1-12(2,3)16-11(15)13-6-8-4-9(7-13)10(14)5-8/h8-9H,4-7H2,1-3H3/t8-,9-/m1/s1. The van der Waals surface area contributed by atoms with Crippen molar-refractivity contribution >= 4 is 11.9 Å². The maximum Gasteiger partial charge on any atom is 0.410 e. The highest BCUT2D eigenvalue weighted by Crippen LogP contribution is 2.34. The molecule has 2 bridgehead atoms. The second-order valence-corrected chi connectivity index (χ2v) is 5.85. The monoisotopic (exact) mass is 225 g/mol. The van der Waals surface area contributed by atoms with Crippen LogP contribution in [-0.2, 0) is 9.53 Å².